The van der Waals surface area contributed by atoms with Gasteiger partial charge in [-0.1, -0.05) is 26.0 Å². The second-order valence-corrected chi connectivity index (χ2v) is 8.45. The molecule has 4 aliphatic carbocycles. The molecule has 6 atom stereocenters. The van der Waals surface area contributed by atoms with Crippen molar-refractivity contribution in [2.24, 2.45) is 34.5 Å². The van der Waals surface area contributed by atoms with Crippen LogP contribution in [0.25, 0.3) is 0 Å². The Balaban J connectivity index is 1.68. The highest BCUT2D eigenvalue weighted by molar-refractivity contribution is 5.87. The standard InChI is InChI=1S/C19H28O/c1-18-11-4-3-5-13(18)6-7-14-15-8-9-17(20)19(15,2)12-10-16(14)18/h3,5,13-16H,4,6-12H2,1-2H3/t13-,14?,15?,16?,18+,19+/m1/s1. The maximum atomic E-state index is 12.4. The van der Waals surface area contributed by atoms with Crippen LogP contribution in [0.3, 0.4) is 0 Å². The maximum Gasteiger partial charge on any atom is 0.139 e. The summed E-state index contributed by atoms with van der Waals surface area (Å²) in [5, 5.41) is 0. The molecule has 4 rings (SSSR count). The van der Waals surface area contributed by atoms with Crippen LogP contribution < -0.4 is 0 Å². The molecule has 0 aliphatic heterocycles. The van der Waals surface area contributed by atoms with Gasteiger partial charge in [-0.05, 0) is 74.0 Å². The van der Waals surface area contributed by atoms with E-state index in [0.29, 0.717) is 17.1 Å². The number of rotatable bonds is 0. The zero-order chi connectivity index (χ0) is 14.0. The average Bonchev–Trinajstić information content (AvgIpc) is 2.74. The van der Waals surface area contributed by atoms with E-state index in [1.165, 1.54) is 44.9 Å². The smallest absolute Gasteiger partial charge is 0.139 e. The van der Waals surface area contributed by atoms with Gasteiger partial charge in [0.1, 0.15) is 5.78 Å². The molecule has 0 aromatic carbocycles. The fourth-order valence-corrected chi connectivity index (χ4v) is 6.60. The summed E-state index contributed by atoms with van der Waals surface area (Å²) in [7, 11) is 0. The lowest BCUT2D eigenvalue weighted by molar-refractivity contribution is -0.135. The van der Waals surface area contributed by atoms with Crippen molar-refractivity contribution in [3.8, 4) is 0 Å². The summed E-state index contributed by atoms with van der Waals surface area (Å²) in [6, 6.07) is 0. The lowest BCUT2D eigenvalue weighted by Gasteiger charge is -2.58. The van der Waals surface area contributed by atoms with Crippen LogP contribution in [0, 0.1) is 34.5 Å². The number of allylic oxidation sites excluding steroid dienone is 2. The zero-order valence-corrected chi connectivity index (χ0v) is 13.0. The molecule has 0 aromatic heterocycles. The number of carbonyl (C=O) groups is 1. The molecular weight excluding hydrogens is 244 g/mol. The number of hydrogen-bond acceptors (Lipinski definition) is 1. The maximum absolute atomic E-state index is 12.4. The lowest BCUT2D eigenvalue weighted by Crippen LogP contribution is -2.52. The van der Waals surface area contributed by atoms with Crippen LogP contribution in [0.15, 0.2) is 12.2 Å². The van der Waals surface area contributed by atoms with Gasteiger partial charge >= 0.3 is 0 Å². The van der Waals surface area contributed by atoms with E-state index in [2.05, 4.69) is 26.0 Å². The molecule has 110 valence electrons. The van der Waals surface area contributed by atoms with Crippen molar-refractivity contribution in [2.75, 3.05) is 0 Å². The number of Topliss-reactive ketones (excluding diaryl/α,β-unsaturated/α-hetero) is 1. The van der Waals surface area contributed by atoms with Gasteiger partial charge in [-0.25, -0.2) is 0 Å². The summed E-state index contributed by atoms with van der Waals surface area (Å²) in [4.78, 5) is 12.4. The minimum atomic E-state index is 0.0505. The van der Waals surface area contributed by atoms with Crippen molar-refractivity contribution in [1.82, 2.24) is 0 Å². The van der Waals surface area contributed by atoms with Gasteiger partial charge in [-0.2, -0.15) is 0 Å². The van der Waals surface area contributed by atoms with E-state index < -0.39 is 0 Å². The van der Waals surface area contributed by atoms with E-state index >= 15 is 0 Å². The number of fused-ring (bicyclic) bond motifs is 5. The van der Waals surface area contributed by atoms with Gasteiger partial charge in [0, 0.05) is 11.8 Å². The molecule has 1 heteroatoms. The van der Waals surface area contributed by atoms with E-state index in [0.717, 1.165) is 24.2 Å². The van der Waals surface area contributed by atoms with Gasteiger partial charge in [0.2, 0.25) is 0 Å². The van der Waals surface area contributed by atoms with E-state index in [9.17, 15) is 4.79 Å². The van der Waals surface area contributed by atoms with Gasteiger partial charge in [-0.15, -0.1) is 0 Å². The molecule has 3 fully saturated rings. The quantitative estimate of drug-likeness (QED) is 0.581. The first-order chi connectivity index (χ1) is 9.56. The molecule has 0 heterocycles. The Bertz CT molecular complexity index is 464. The topological polar surface area (TPSA) is 17.1 Å². The van der Waals surface area contributed by atoms with E-state index in [-0.39, 0.29) is 5.41 Å². The molecule has 4 aliphatic rings. The molecule has 0 bridgehead atoms. The average molecular weight is 272 g/mol. The first kappa shape index (κ1) is 13.1. The van der Waals surface area contributed by atoms with Crippen LogP contribution in [0.5, 0.6) is 0 Å². The Labute approximate surface area is 123 Å². The first-order valence-corrected chi connectivity index (χ1v) is 8.76. The van der Waals surface area contributed by atoms with Gasteiger partial charge in [-0.3, -0.25) is 4.79 Å². The number of carbonyl (C=O) groups excluding carboxylic acids is 1. The third-order valence-electron chi connectivity index (χ3n) is 7.87. The van der Waals surface area contributed by atoms with Crippen molar-refractivity contribution in [2.45, 2.75) is 65.2 Å². The Morgan fingerprint density at radius 3 is 2.75 bits per heavy atom. The fraction of sp³-hybridized carbons (Fsp3) is 0.842. The molecule has 0 saturated heterocycles. The van der Waals surface area contributed by atoms with Crippen LogP contribution in [0.4, 0.5) is 0 Å². The Morgan fingerprint density at radius 1 is 1.05 bits per heavy atom. The predicted octanol–water partition coefficient (Wildman–Crippen LogP) is 4.76. The Kier molecular flexibility index (Phi) is 2.76. The summed E-state index contributed by atoms with van der Waals surface area (Å²) in [5.74, 6) is 3.83. The van der Waals surface area contributed by atoms with Crippen molar-refractivity contribution in [1.29, 1.82) is 0 Å². The molecule has 3 saturated carbocycles. The SMILES string of the molecule is C[C@]12CCC3C(CC[C@H]4C=CCC[C@]34C)C1CCC2=O. The summed E-state index contributed by atoms with van der Waals surface area (Å²) in [6.45, 7) is 4.86. The van der Waals surface area contributed by atoms with Crippen LogP contribution in [0.2, 0.25) is 0 Å². The summed E-state index contributed by atoms with van der Waals surface area (Å²) >= 11 is 0. The molecule has 20 heavy (non-hydrogen) atoms. The van der Waals surface area contributed by atoms with Crippen molar-refractivity contribution in [3.05, 3.63) is 12.2 Å². The summed E-state index contributed by atoms with van der Waals surface area (Å²) in [5.41, 5.74) is 0.583. The van der Waals surface area contributed by atoms with Crippen LogP contribution in [-0.2, 0) is 4.79 Å². The van der Waals surface area contributed by atoms with Gasteiger partial charge in [0.15, 0.2) is 0 Å². The lowest BCUT2D eigenvalue weighted by atomic mass is 9.46. The second kappa shape index (κ2) is 4.21. The van der Waals surface area contributed by atoms with Crippen LogP contribution in [-0.4, -0.2) is 5.78 Å². The number of hydrogen-bond donors (Lipinski definition) is 0. The highest BCUT2D eigenvalue weighted by atomic mass is 16.1. The summed E-state index contributed by atoms with van der Waals surface area (Å²) < 4.78 is 0. The normalized spacial score (nSPS) is 54.2. The monoisotopic (exact) mass is 272 g/mol. The number of ketones is 1. The highest BCUT2D eigenvalue weighted by Gasteiger charge is 2.59. The van der Waals surface area contributed by atoms with E-state index in [1.54, 1.807) is 0 Å². The fourth-order valence-electron chi connectivity index (χ4n) is 6.60. The zero-order valence-electron chi connectivity index (χ0n) is 13.0. The minimum Gasteiger partial charge on any atom is -0.299 e. The Hall–Kier alpha value is -0.590. The highest BCUT2D eigenvalue weighted by Crippen LogP contribution is 2.64. The van der Waals surface area contributed by atoms with Crippen molar-refractivity contribution >= 4 is 5.78 Å². The van der Waals surface area contributed by atoms with E-state index in [4.69, 9.17) is 0 Å². The first-order valence-electron chi connectivity index (χ1n) is 8.76. The van der Waals surface area contributed by atoms with Crippen molar-refractivity contribution < 1.29 is 4.79 Å². The predicted molar refractivity (Wildman–Crippen MR) is 81.3 cm³/mol. The molecule has 0 radical (unpaired) electrons. The van der Waals surface area contributed by atoms with Gasteiger partial charge in [0.25, 0.3) is 0 Å². The van der Waals surface area contributed by atoms with Crippen LogP contribution >= 0.6 is 0 Å². The molecule has 0 spiro atoms. The third-order valence-corrected chi connectivity index (χ3v) is 7.87. The minimum absolute atomic E-state index is 0.0505. The third kappa shape index (κ3) is 1.53. The molecule has 1 nitrogen and oxygen atoms in total. The van der Waals surface area contributed by atoms with E-state index in [1.807, 2.05) is 0 Å². The van der Waals surface area contributed by atoms with Crippen molar-refractivity contribution in [3.63, 3.8) is 0 Å². The largest absolute Gasteiger partial charge is 0.299 e. The van der Waals surface area contributed by atoms with Gasteiger partial charge < -0.3 is 0 Å². The molecule has 0 amide bonds. The molecule has 0 N–H and O–H groups in total. The molecule has 3 unspecified atom stereocenters. The second-order valence-electron chi connectivity index (χ2n) is 8.45. The molecule has 0 aromatic rings. The van der Waals surface area contributed by atoms with Crippen LogP contribution in [0.1, 0.15) is 65.2 Å². The van der Waals surface area contributed by atoms with Gasteiger partial charge in [0.05, 0.1) is 0 Å². The Morgan fingerprint density at radius 2 is 1.90 bits per heavy atom. The summed E-state index contributed by atoms with van der Waals surface area (Å²) in [6.07, 6.45) is 14.9. The molecular formula is C19H28O.